The van der Waals surface area contributed by atoms with Crippen LogP contribution in [0, 0.1) is 6.92 Å². The zero-order chi connectivity index (χ0) is 12.2. The van der Waals surface area contributed by atoms with Gasteiger partial charge in [-0.15, -0.1) is 0 Å². The fourth-order valence-corrected chi connectivity index (χ4v) is 0.988. The third kappa shape index (κ3) is 3.54. The summed E-state index contributed by atoms with van der Waals surface area (Å²) in [4.78, 5) is 7.48. The number of aromatic nitrogens is 2. The highest BCUT2D eigenvalue weighted by molar-refractivity contribution is 5.46. The average Bonchev–Trinajstić information content (AvgIpc) is 2.19. The number of halogens is 3. The normalized spacial score (nSPS) is 11.3. The van der Waals surface area contributed by atoms with Crippen LogP contribution in [-0.4, -0.2) is 22.8 Å². The first kappa shape index (κ1) is 12.5. The summed E-state index contributed by atoms with van der Waals surface area (Å²) < 4.78 is 40.5. The third-order valence-corrected chi connectivity index (χ3v) is 1.80. The van der Waals surface area contributed by atoms with E-state index in [1.54, 1.807) is 6.92 Å². The number of rotatable bonds is 4. The van der Waals surface area contributed by atoms with Crippen LogP contribution in [0.2, 0.25) is 0 Å². The lowest BCUT2D eigenvalue weighted by Crippen LogP contribution is -2.15. The predicted octanol–water partition coefficient (Wildman–Crippen LogP) is 1.40. The number of hydrogen-bond acceptors (Lipinski definition) is 5. The fraction of sp³-hybridized carbons (Fsp3) is 0.500. The summed E-state index contributed by atoms with van der Waals surface area (Å²) in [6.45, 7) is 1.11. The van der Waals surface area contributed by atoms with Gasteiger partial charge in [0, 0.05) is 0 Å². The second-order valence-electron chi connectivity index (χ2n) is 3.01. The van der Waals surface area contributed by atoms with Gasteiger partial charge in [-0.25, -0.2) is 15.8 Å². The molecule has 0 unspecified atom stereocenters. The summed E-state index contributed by atoms with van der Waals surface area (Å²) in [5.41, 5.74) is 2.75. The molecule has 16 heavy (non-hydrogen) atoms. The van der Waals surface area contributed by atoms with Crippen LogP contribution in [0.15, 0.2) is 6.33 Å². The van der Waals surface area contributed by atoms with Crippen molar-refractivity contribution >= 4 is 5.82 Å². The van der Waals surface area contributed by atoms with Crippen LogP contribution < -0.4 is 16.0 Å². The number of nitrogens with two attached hydrogens (primary N) is 1. The molecule has 0 atom stereocenters. The maximum Gasteiger partial charge on any atom is 0.392 e. The number of nitrogen functional groups attached to an aromatic ring is 1. The van der Waals surface area contributed by atoms with E-state index in [0.717, 1.165) is 6.33 Å². The Morgan fingerprint density at radius 3 is 2.69 bits per heavy atom. The molecule has 0 aliphatic heterocycles. The van der Waals surface area contributed by atoms with Crippen LogP contribution >= 0.6 is 0 Å². The van der Waals surface area contributed by atoms with Gasteiger partial charge in [-0.2, -0.15) is 13.2 Å². The molecule has 0 amide bonds. The molecule has 0 radical (unpaired) electrons. The van der Waals surface area contributed by atoms with Crippen LogP contribution in [0.3, 0.4) is 0 Å². The smallest absolute Gasteiger partial charge is 0.392 e. The second kappa shape index (κ2) is 4.97. The van der Waals surface area contributed by atoms with Crippen molar-refractivity contribution in [3.8, 4) is 5.88 Å². The van der Waals surface area contributed by atoms with Crippen molar-refractivity contribution in [1.82, 2.24) is 9.97 Å². The minimum atomic E-state index is -4.24. The Labute approximate surface area is 89.8 Å². The molecule has 8 heteroatoms. The van der Waals surface area contributed by atoms with E-state index in [1.165, 1.54) is 0 Å². The van der Waals surface area contributed by atoms with Gasteiger partial charge in [0.25, 0.3) is 0 Å². The molecule has 5 nitrogen and oxygen atoms in total. The SMILES string of the molecule is Cc1c(NN)ncnc1OCCC(F)(F)F. The van der Waals surface area contributed by atoms with Crippen molar-refractivity contribution in [2.45, 2.75) is 19.5 Å². The molecular weight excluding hydrogens is 225 g/mol. The standard InChI is InChI=1S/C8H11F3N4O/c1-5-6(15-12)13-4-14-7(5)16-3-2-8(9,10)11/h4H,2-3,12H2,1H3,(H,13,14,15). The number of anilines is 1. The largest absolute Gasteiger partial charge is 0.477 e. The van der Waals surface area contributed by atoms with Crippen molar-refractivity contribution in [3.63, 3.8) is 0 Å². The van der Waals surface area contributed by atoms with E-state index in [9.17, 15) is 13.2 Å². The highest BCUT2D eigenvalue weighted by atomic mass is 19.4. The molecule has 0 saturated heterocycles. The Hall–Kier alpha value is -1.57. The molecule has 0 aliphatic rings. The maximum absolute atomic E-state index is 11.9. The molecule has 1 aromatic heterocycles. The number of hydrogen-bond donors (Lipinski definition) is 2. The van der Waals surface area contributed by atoms with Gasteiger partial charge < -0.3 is 10.2 Å². The predicted molar refractivity (Wildman–Crippen MR) is 50.7 cm³/mol. The first-order valence-corrected chi connectivity index (χ1v) is 4.42. The lowest BCUT2D eigenvalue weighted by Gasteiger charge is -2.11. The van der Waals surface area contributed by atoms with Crippen LogP contribution in [0.5, 0.6) is 5.88 Å². The molecule has 3 N–H and O–H groups in total. The first-order chi connectivity index (χ1) is 7.44. The number of ether oxygens (including phenoxy) is 1. The fourth-order valence-electron chi connectivity index (χ4n) is 0.988. The summed E-state index contributed by atoms with van der Waals surface area (Å²) in [5.74, 6) is 5.55. The quantitative estimate of drug-likeness (QED) is 0.610. The Bertz CT molecular complexity index is 356. The summed E-state index contributed by atoms with van der Waals surface area (Å²) in [5, 5.41) is 0. The average molecular weight is 236 g/mol. The lowest BCUT2D eigenvalue weighted by molar-refractivity contribution is -0.139. The molecule has 0 fully saturated rings. The van der Waals surface area contributed by atoms with Gasteiger partial charge in [0.15, 0.2) is 0 Å². The van der Waals surface area contributed by atoms with Gasteiger partial charge >= 0.3 is 6.18 Å². The van der Waals surface area contributed by atoms with Crippen molar-refractivity contribution < 1.29 is 17.9 Å². The number of hydrazine groups is 1. The van der Waals surface area contributed by atoms with Gasteiger partial charge in [-0.05, 0) is 6.92 Å². The van der Waals surface area contributed by atoms with Crippen molar-refractivity contribution in [2.24, 2.45) is 5.84 Å². The molecule has 0 aliphatic carbocycles. The van der Waals surface area contributed by atoms with Crippen LogP contribution in [-0.2, 0) is 0 Å². The van der Waals surface area contributed by atoms with E-state index in [0.29, 0.717) is 11.4 Å². The van der Waals surface area contributed by atoms with Crippen molar-refractivity contribution in [2.75, 3.05) is 12.0 Å². The van der Waals surface area contributed by atoms with E-state index in [4.69, 9.17) is 10.6 Å². The van der Waals surface area contributed by atoms with E-state index in [-0.39, 0.29) is 5.88 Å². The molecule has 0 saturated carbocycles. The molecule has 0 spiro atoms. The Balaban J connectivity index is 2.61. The van der Waals surface area contributed by atoms with Gasteiger partial charge in [-0.3, -0.25) is 0 Å². The topological polar surface area (TPSA) is 73.1 Å². The first-order valence-electron chi connectivity index (χ1n) is 4.42. The van der Waals surface area contributed by atoms with Crippen LogP contribution in [0.1, 0.15) is 12.0 Å². The lowest BCUT2D eigenvalue weighted by atomic mass is 10.3. The highest BCUT2D eigenvalue weighted by Gasteiger charge is 2.27. The van der Waals surface area contributed by atoms with Crippen molar-refractivity contribution in [1.29, 1.82) is 0 Å². The molecule has 1 aromatic rings. The molecule has 0 aromatic carbocycles. The minimum absolute atomic E-state index is 0.0900. The summed E-state index contributed by atoms with van der Waals surface area (Å²) in [7, 11) is 0. The summed E-state index contributed by atoms with van der Waals surface area (Å²) in [6, 6.07) is 0. The van der Waals surface area contributed by atoms with Gasteiger partial charge in [0.05, 0.1) is 18.6 Å². The van der Waals surface area contributed by atoms with Gasteiger partial charge in [0.1, 0.15) is 12.1 Å². The Morgan fingerprint density at radius 2 is 2.12 bits per heavy atom. The summed E-state index contributed by atoms with van der Waals surface area (Å²) in [6.07, 6.45) is -4.11. The molecule has 1 heterocycles. The number of nitrogens with one attached hydrogen (secondary N) is 1. The second-order valence-corrected chi connectivity index (χ2v) is 3.01. The zero-order valence-electron chi connectivity index (χ0n) is 8.51. The van der Waals surface area contributed by atoms with Gasteiger partial charge in [-0.1, -0.05) is 0 Å². The highest BCUT2D eigenvalue weighted by Crippen LogP contribution is 2.22. The number of alkyl halides is 3. The Kier molecular flexibility index (Phi) is 3.88. The van der Waals surface area contributed by atoms with Crippen LogP contribution in [0.25, 0.3) is 0 Å². The third-order valence-electron chi connectivity index (χ3n) is 1.80. The van der Waals surface area contributed by atoms with Gasteiger partial charge in [0.2, 0.25) is 5.88 Å². The number of nitrogens with zero attached hydrogens (tertiary/aromatic N) is 2. The minimum Gasteiger partial charge on any atom is -0.477 e. The van der Waals surface area contributed by atoms with E-state index >= 15 is 0 Å². The van der Waals surface area contributed by atoms with E-state index < -0.39 is 19.2 Å². The monoisotopic (exact) mass is 236 g/mol. The summed E-state index contributed by atoms with van der Waals surface area (Å²) >= 11 is 0. The Morgan fingerprint density at radius 1 is 1.44 bits per heavy atom. The van der Waals surface area contributed by atoms with Crippen LogP contribution in [0.4, 0.5) is 19.0 Å². The molecule has 1 rings (SSSR count). The zero-order valence-corrected chi connectivity index (χ0v) is 8.51. The molecule has 90 valence electrons. The van der Waals surface area contributed by atoms with E-state index in [2.05, 4.69) is 15.4 Å². The molecular formula is C8H11F3N4O. The van der Waals surface area contributed by atoms with E-state index in [1.807, 2.05) is 0 Å². The maximum atomic E-state index is 11.9. The van der Waals surface area contributed by atoms with Crippen molar-refractivity contribution in [3.05, 3.63) is 11.9 Å². The molecule has 0 bridgehead atoms.